The van der Waals surface area contributed by atoms with Crippen LogP contribution in [0.5, 0.6) is 0 Å². The van der Waals surface area contributed by atoms with Crippen molar-refractivity contribution in [1.29, 1.82) is 5.41 Å². The van der Waals surface area contributed by atoms with Crippen LogP contribution >= 0.6 is 0 Å². The molecule has 11 nitrogen and oxygen atoms in total. The molecule has 1 atom stereocenters. The van der Waals surface area contributed by atoms with E-state index in [1.165, 1.54) is 12.3 Å². The first kappa shape index (κ1) is 25.4. The third kappa shape index (κ3) is 6.49. The number of benzene rings is 1. The zero-order valence-corrected chi connectivity index (χ0v) is 20.3. The molecule has 2 aliphatic heterocycles. The number of carbonyl (C=O) groups is 3. The van der Waals surface area contributed by atoms with Crippen LogP contribution in [0.2, 0.25) is 0 Å². The molecule has 0 bridgehead atoms. The summed E-state index contributed by atoms with van der Waals surface area (Å²) in [5.74, 6) is -0.604. The van der Waals surface area contributed by atoms with E-state index in [1.807, 2.05) is 0 Å². The molecule has 11 heteroatoms. The van der Waals surface area contributed by atoms with Gasteiger partial charge in [0.1, 0.15) is 11.9 Å². The topological polar surface area (TPSA) is 128 Å². The van der Waals surface area contributed by atoms with Gasteiger partial charge in [-0.15, -0.1) is 0 Å². The van der Waals surface area contributed by atoms with E-state index < -0.39 is 12.0 Å². The highest BCUT2D eigenvalue weighted by molar-refractivity contribution is 6.10. The van der Waals surface area contributed by atoms with E-state index in [4.69, 9.17) is 19.3 Å². The molecular formula is C25H31N5O6. The van der Waals surface area contributed by atoms with Crippen molar-refractivity contribution in [3.8, 4) is 0 Å². The Bertz CT molecular complexity index is 1060. The molecule has 1 unspecified atom stereocenters. The number of amidine groups is 1. The Morgan fingerprint density at radius 2 is 1.83 bits per heavy atom. The fourth-order valence-corrected chi connectivity index (χ4v) is 4.26. The summed E-state index contributed by atoms with van der Waals surface area (Å²) < 4.78 is 15.6. The van der Waals surface area contributed by atoms with Crippen molar-refractivity contribution in [1.82, 2.24) is 15.1 Å². The van der Waals surface area contributed by atoms with Gasteiger partial charge < -0.3 is 24.1 Å². The van der Waals surface area contributed by atoms with Crippen molar-refractivity contribution in [2.75, 3.05) is 57.3 Å². The fraction of sp³-hybridized carbons (Fsp3) is 0.440. The predicted molar refractivity (Wildman–Crippen MR) is 131 cm³/mol. The minimum atomic E-state index is -0.500. The summed E-state index contributed by atoms with van der Waals surface area (Å²) in [6.45, 7) is 7.39. The Balaban J connectivity index is 1.23. The number of furan rings is 1. The molecule has 4 rings (SSSR count). The molecule has 2 N–H and O–H groups in total. The molecule has 1 aromatic carbocycles. The van der Waals surface area contributed by atoms with Gasteiger partial charge in [-0.3, -0.25) is 24.8 Å². The third-order valence-corrected chi connectivity index (χ3v) is 6.19. The maximum absolute atomic E-state index is 12.5. The van der Waals surface area contributed by atoms with Gasteiger partial charge in [-0.05, 0) is 43.3 Å². The van der Waals surface area contributed by atoms with Gasteiger partial charge >= 0.3 is 12.1 Å². The van der Waals surface area contributed by atoms with Crippen LogP contribution in [0.15, 0.2) is 47.1 Å². The van der Waals surface area contributed by atoms with Crippen LogP contribution in [0, 0.1) is 5.41 Å². The second-order valence-corrected chi connectivity index (χ2v) is 8.67. The maximum atomic E-state index is 12.5. The third-order valence-electron chi connectivity index (χ3n) is 6.19. The number of amides is 2. The average molecular weight is 498 g/mol. The number of esters is 1. The van der Waals surface area contributed by atoms with Crippen LogP contribution in [0.1, 0.15) is 29.5 Å². The Morgan fingerprint density at radius 3 is 2.50 bits per heavy atom. The van der Waals surface area contributed by atoms with Crippen LogP contribution in [-0.2, 0) is 14.3 Å². The molecule has 0 aliphatic carbocycles. The number of rotatable bonds is 9. The van der Waals surface area contributed by atoms with Crippen molar-refractivity contribution >= 4 is 29.5 Å². The monoisotopic (exact) mass is 497 g/mol. The van der Waals surface area contributed by atoms with Crippen molar-refractivity contribution in [3.63, 3.8) is 0 Å². The van der Waals surface area contributed by atoms with Crippen molar-refractivity contribution in [2.24, 2.45) is 0 Å². The van der Waals surface area contributed by atoms with Crippen LogP contribution in [0.4, 0.5) is 10.5 Å². The number of nitrogens with zero attached hydrogens (tertiary/aromatic N) is 3. The standard InChI is InChI=1S/C25H31N5O6/c1-2-34-22(31)9-10-28-11-13-29(14-12-28)16-20-17-30(25(33)36-20)19-7-5-18(6-8-19)23(26)27-24(32)21-4-3-15-35-21/h3-8,15,20H,2,9-14,16-17H2,1H3,(H2,26,27,32). The van der Waals surface area contributed by atoms with Gasteiger partial charge in [-0.25, -0.2) is 4.79 Å². The predicted octanol–water partition coefficient (Wildman–Crippen LogP) is 1.93. The van der Waals surface area contributed by atoms with Gasteiger partial charge in [0.15, 0.2) is 5.76 Å². The first-order chi connectivity index (χ1) is 17.4. The lowest BCUT2D eigenvalue weighted by Crippen LogP contribution is -2.49. The number of ether oxygens (including phenoxy) is 2. The molecule has 2 aliphatic rings. The summed E-state index contributed by atoms with van der Waals surface area (Å²) in [7, 11) is 0. The Morgan fingerprint density at radius 1 is 1.11 bits per heavy atom. The fourth-order valence-electron chi connectivity index (χ4n) is 4.26. The number of cyclic esters (lactones) is 1. The summed E-state index contributed by atoms with van der Waals surface area (Å²) in [4.78, 5) is 42.2. The van der Waals surface area contributed by atoms with E-state index in [0.29, 0.717) is 43.9 Å². The first-order valence-electron chi connectivity index (χ1n) is 12.0. The van der Waals surface area contributed by atoms with Gasteiger partial charge in [-0.1, -0.05) is 0 Å². The summed E-state index contributed by atoms with van der Waals surface area (Å²) in [6.07, 6.45) is 1.15. The molecule has 2 fully saturated rings. The number of nitrogens with one attached hydrogen (secondary N) is 2. The van der Waals surface area contributed by atoms with Crippen molar-refractivity contribution in [2.45, 2.75) is 19.4 Å². The lowest BCUT2D eigenvalue weighted by Gasteiger charge is -2.35. The number of carbonyl (C=O) groups excluding carboxylic acids is 3. The molecule has 2 amide bonds. The van der Waals surface area contributed by atoms with E-state index in [0.717, 1.165) is 26.2 Å². The van der Waals surface area contributed by atoms with E-state index in [1.54, 1.807) is 42.2 Å². The second kappa shape index (κ2) is 11.8. The van der Waals surface area contributed by atoms with E-state index >= 15 is 0 Å². The van der Waals surface area contributed by atoms with Gasteiger partial charge in [0.05, 0.1) is 25.8 Å². The second-order valence-electron chi connectivity index (χ2n) is 8.67. The van der Waals surface area contributed by atoms with E-state index in [9.17, 15) is 14.4 Å². The van der Waals surface area contributed by atoms with Crippen LogP contribution < -0.4 is 10.2 Å². The highest BCUT2D eigenvalue weighted by Crippen LogP contribution is 2.23. The maximum Gasteiger partial charge on any atom is 0.414 e. The largest absolute Gasteiger partial charge is 0.466 e. The summed E-state index contributed by atoms with van der Waals surface area (Å²) in [5.41, 5.74) is 1.17. The summed E-state index contributed by atoms with van der Waals surface area (Å²) in [5, 5.41) is 10.6. The normalized spacial score (nSPS) is 18.6. The average Bonchev–Trinajstić information content (AvgIpc) is 3.54. The molecule has 1 aromatic heterocycles. The molecular weight excluding hydrogens is 466 g/mol. The first-order valence-corrected chi connectivity index (χ1v) is 12.0. The number of anilines is 1. The highest BCUT2D eigenvalue weighted by atomic mass is 16.6. The minimum Gasteiger partial charge on any atom is -0.466 e. The molecule has 0 radical (unpaired) electrons. The number of hydrogen-bond donors (Lipinski definition) is 2. The van der Waals surface area contributed by atoms with Crippen LogP contribution in [0.25, 0.3) is 0 Å². The molecule has 2 saturated heterocycles. The van der Waals surface area contributed by atoms with Crippen molar-refractivity contribution in [3.05, 3.63) is 54.0 Å². The minimum absolute atomic E-state index is 0.0637. The molecule has 3 heterocycles. The zero-order valence-electron chi connectivity index (χ0n) is 20.3. The lowest BCUT2D eigenvalue weighted by molar-refractivity contribution is -0.143. The summed E-state index contributed by atoms with van der Waals surface area (Å²) in [6, 6.07) is 9.94. The van der Waals surface area contributed by atoms with Crippen LogP contribution in [-0.4, -0.2) is 92.1 Å². The van der Waals surface area contributed by atoms with Gasteiger partial charge in [-0.2, -0.15) is 0 Å². The molecule has 36 heavy (non-hydrogen) atoms. The van der Waals surface area contributed by atoms with E-state index in [-0.39, 0.29) is 23.7 Å². The zero-order chi connectivity index (χ0) is 25.5. The smallest absolute Gasteiger partial charge is 0.414 e. The van der Waals surface area contributed by atoms with Gasteiger partial charge in [0, 0.05) is 50.5 Å². The lowest BCUT2D eigenvalue weighted by atomic mass is 10.1. The van der Waals surface area contributed by atoms with Crippen molar-refractivity contribution < 1.29 is 28.3 Å². The van der Waals surface area contributed by atoms with Gasteiger partial charge in [0.25, 0.3) is 5.91 Å². The van der Waals surface area contributed by atoms with Gasteiger partial charge in [0.2, 0.25) is 0 Å². The quantitative estimate of drug-likeness (QED) is 0.306. The summed E-state index contributed by atoms with van der Waals surface area (Å²) >= 11 is 0. The Kier molecular flexibility index (Phi) is 8.34. The Labute approximate surface area is 209 Å². The highest BCUT2D eigenvalue weighted by Gasteiger charge is 2.34. The molecule has 0 spiro atoms. The Hall–Kier alpha value is -3.70. The van der Waals surface area contributed by atoms with E-state index in [2.05, 4.69) is 15.1 Å². The SMILES string of the molecule is CCOC(=O)CCN1CCN(CC2CN(c3ccc(C(=N)NC(=O)c4ccco4)cc3)C(=O)O2)CC1. The molecule has 2 aromatic rings. The molecule has 192 valence electrons. The number of hydrogen-bond acceptors (Lipinski definition) is 9. The van der Waals surface area contributed by atoms with Crippen LogP contribution in [0.3, 0.4) is 0 Å². The number of piperazine rings is 1. The molecule has 0 saturated carbocycles.